The molecule has 0 nitrogen and oxygen atoms in total. The molecule has 0 unspecified atom stereocenters. The van der Waals surface area contributed by atoms with Crippen molar-refractivity contribution in [3.8, 4) is 0 Å². The van der Waals surface area contributed by atoms with Crippen molar-refractivity contribution in [1.29, 1.82) is 0 Å². The summed E-state index contributed by atoms with van der Waals surface area (Å²) in [5, 5.41) is 5.51. The van der Waals surface area contributed by atoms with Crippen LogP contribution in [0.25, 0.3) is 21.5 Å². The average molecular weight is 524 g/mol. The Bertz CT molecular complexity index is 1220. The van der Waals surface area contributed by atoms with Gasteiger partial charge in [0.25, 0.3) is 0 Å². The number of halogens is 2. The van der Waals surface area contributed by atoms with Crippen molar-refractivity contribution < 1.29 is 14.5 Å². The zero-order valence-electron chi connectivity index (χ0n) is 19.6. The zero-order chi connectivity index (χ0) is 24.4. The van der Waals surface area contributed by atoms with Crippen LogP contribution in [-0.2, 0) is 14.5 Å². The molecule has 0 N–H and O–H groups in total. The van der Waals surface area contributed by atoms with Crippen LogP contribution < -0.4 is 0 Å². The normalized spacial score (nSPS) is 9.76. The minimum atomic E-state index is -1.58. The second kappa shape index (κ2) is 13.8. The summed E-state index contributed by atoms with van der Waals surface area (Å²) in [7, 11) is 13.2. The van der Waals surface area contributed by atoms with E-state index in [4.69, 9.17) is 18.6 Å². The van der Waals surface area contributed by atoms with E-state index in [1.165, 1.54) is 43.8 Å². The van der Waals surface area contributed by atoms with Gasteiger partial charge in [0.2, 0.25) is 0 Å². The maximum absolute atomic E-state index is 5.12. The van der Waals surface area contributed by atoms with Crippen LogP contribution in [0.3, 0.4) is 0 Å². The fraction of sp³-hybridized carbons (Fsp3) is 0.138. The number of fused-ring (bicyclic) bond motifs is 2. The Labute approximate surface area is 214 Å². The first-order valence-electron chi connectivity index (χ1n) is 10.7. The van der Waals surface area contributed by atoms with Crippen molar-refractivity contribution >= 4 is 47.8 Å². The molecule has 5 aromatic rings. The number of aryl methyl sites for hydroxylation is 4. The molecule has 0 heterocycles. The van der Waals surface area contributed by atoms with Gasteiger partial charge >= 0.3 is 40.7 Å². The second-order valence-corrected chi connectivity index (χ2v) is 17.4. The third-order valence-electron chi connectivity index (χ3n) is 5.07. The Hall–Kier alpha value is -1.74. The summed E-state index contributed by atoms with van der Waals surface area (Å²) in [6.45, 7) is 12.3. The topological polar surface area (TPSA) is 0 Å². The Morgan fingerprint density at radius 3 is 1.36 bits per heavy atom. The van der Waals surface area contributed by atoms with Crippen LogP contribution in [0.15, 0.2) is 91.0 Å². The fourth-order valence-corrected chi connectivity index (χ4v) is 3.56. The number of hydrogen-bond acceptors (Lipinski definition) is 0. The summed E-state index contributed by atoms with van der Waals surface area (Å²) in [5.74, 6) is 0. The molecule has 0 aliphatic heterocycles. The molecule has 4 heteroatoms. The van der Waals surface area contributed by atoms with Crippen molar-refractivity contribution in [2.45, 2.75) is 27.7 Å². The van der Waals surface area contributed by atoms with Gasteiger partial charge in [0.15, 0.2) is 0 Å². The van der Waals surface area contributed by atoms with Gasteiger partial charge in [0, 0.05) is 0 Å². The maximum atomic E-state index is 5.12. The molecular formula is C29H29Cl2SiTi-3. The molecule has 2 radical (unpaired) electrons. The third kappa shape index (κ3) is 9.57. The summed E-state index contributed by atoms with van der Waals surface area (Å²) in [4.78, 5) is 0. The molecule has 0 aromatic heterocycles. The molecule has 0 spiro atoms. The van der Waals surface area contributed by atoms with Crippen molar-refractivity contribution in [2.75, 3.05) is 0 Å². The van der Waals surface area contributed by atoms with E-state index in [-0.39, 0.29) is 0 Å². The van der Waals surface area contributed by atoms with E-state index in [0.717, 1.165) is 5.56 Å². The molecule has 0 fully saturated rings. The van der Waals surface area contributed by atoms with E-state index in [1.54, 1.807) is 0 Å². The molecule has 0 amide bonds. The Balaban J connectivity index is 0.000000166. The van der Waals surface area contributed by atoms with Gasteiger partial charge in [-0.05, 0) is 13.8 Å². The predicted molar refractivity (Wildman–Crippen MR) is 146 cm³/mol. The van der Waals surface area contributed by atoms with Gasteiger partial charge in [-0.2, -0.15) is 36.8 Å². The monoisotopic (exact) mass is 523 g/mol. The van der Waals surface area contributed by atoms with Gasteiger partial charge in [-0.1, -0.05) is 43.2 Å². The molecule has 0 saturated carbocycles. The Kier molecular flexibility index (Phi) is 11.5. The van der Waals surface area contributed by atoms with E-state index in [2.05, 4.69) is 103 Å². The van der Waals surface area contributed by atoms with Crippen molar-refractivity contribution in [1.82, 2.24) is 0 Å². The summed E-state index contributed by atoms with van der Waals surface area (Å²) in [5.41, 5.74) is 6.53. The van der Waals surface area contributed by atoms with Crippen LogP contribution in [0.4, 0.5) is 0 Å². The van der Waals surface area contributed by atoms with Crippen LogP contribution in [0.2, 0.25) is 0 Å². The minimum absolute atomic E-state index is 1.07. The van der Waals surface area contributed by atoms with Crippen LogP contribution in [0.5, 0.6) is 0 Å². The SMILES string of the molecule is Cc1cc2c(C)cccc2[cH-]1.Cc1cc2c(C)cccc2[cH-]1.[CH2-]c1ccccc1.[Si]=[Ti]([Cl])[Cl]. The first-order chi connectivity index (χ1) is 15.7. The number of rotatable bonds is 0. The fourth-order valence-electron chi connectivity index (χ4n) is 3.56. The molecule has 0 bridgehead atoms. The molecule has 0 saturated heterocycles. The third-order valence-corrected chi connectivity index (χ3v) is 5.07. The standard InChI is InChI=1S/2C11H11.C7H7.2ClH.Si.Ti/c2*1-8-6-10-5-3-4-9(2)11(10)7-8;1-7-5-3-2-4-6-7;;;;/h2*3-7H,1-2H3;2-6H,1H2;2*1H;;/q3*-1;;;;+2/p-2. The molecule has 170 valence electrons. The van der Waals surface area contributed by atoms with Crippen molar-refractivity contribution in [3.05, 3.63) is 126 Å². The van der Waals surface area contributed by atoms with Gasteiger partial charge in [-0.15, -0.1) is 81.2 Å². The average Bonchev–Trinajstić information content (AvgIpc) is 3.32. The predicted octanol–water partition coefficient (Wildman–Crippen LogP) is 9.22. The quantitative estimate of drug-likeness (QED) is 0.140. The number of benzene rings is 3. The van der Waals surface area contributed by atoms with Gasteiger partial charge in [0.1, 0.15) is 0 Å². The first kappa shape index (κ1) is 27.5. The second-order valence-electron chi connectivity index (χ2n) is 7.97. The number of hydrogen-bond donors (Lipinski definition) is 0. The van der Waals surface area contributed by atoms with Crippen LogP contribution in [0.1, 0.15) is 27.8 Å². The zero-order valence-corrected chi connectivity index (χ0v) is 23.7. The summed E-state index contributed by atoms with van der Waals surface area (Å²) >= 11 is -1.58. The van der Waals surface area contributed by atoms with E-state index >= 15 is 0 Å². The Morgan fingerprint density at radius 1 is 0.667 bits per heavy atom. The van der Waals surface area contributed by atoms with Crippen molar-refractivity contribution in [2.24, 2.45) is 0 Å². The van der Waals surface area contributed by atoms with Gasteiger partial charge in [-0.25, -0.2) is 0 Å². The van der Waals surface area contributed by atoms with E-state index in [0.29, 0.717) is 0 Å². The molecule has 0 aliphatic rings. The molecule has 5 rings (SSSR count). The molecule has 5 aromatic carbocycles. The molecule has 0 aliphatic carbocycles. The van der Waals surface area contributed by atoms with Gasteiger partial charge < -0.3 is 0 Å². The van der Waals surface area contributed by atoms with Gasteiger partial charge in [-0.3, -0.25) is 0 Å². The first-order valence-corrected chi connectivity index (χ1v) is 17.8. The Morgan fingerprint density at radius 2 is 1.06 bits per heavy atom. The van der Waals surface area contributed by atoms with Crippen molar-refractivity contribution in [3.63, 3.8) is 0 Å². The molecule has 0 atom stereocenters. The van der Waals surface area contributed by atoms with Crippen LogP contribution >= 0.6 is 18.6 Å². The summed E-state index contributed by atoms with van der Waals surface area (Å²) in [6.07, 6.45) is 0. The summed E-state index contributed by atoms with van der Waals surface area (Å²) < 4.78 is 0. The molecular weight excluding hydrogens is 495 g/mol. The van der Waals surface area contributed by atoms with Crippen LogP contribution in [0, 0.1) is 34.6 Å². The van der Waals surface area contributed by atoms with Gasteiger partial charge in [0.05, 0.1) is 0 Å². The molecule has 33 heavy (non-hydrogen) atoms. The van der Waals surface area contributed by atoms with E-state index in [9.17, 15) is 0 Å². The summed E-state index contributed by atoms with van der Waals surface area (Å²) in [6, 6.07) is 31.7. The van der Waals surface area contributed by atoms with Crippen LogP contribution in [-0.4, -0.2) is 7.63 Å². The van der Waals surface area contributed by atoms with E-state index in [1.807, 2.05) is 30.3 Å². The van der Waals surface area contributed by atoms with E-state index < -0.39 is 14.5 Å².